The Morgan fingerprint density at radius 3 is 2.23 bits per heavy atom. The predicted molar refractivity (Wildman–Crippen MR) is 156 cm³/mol. The van der Waals surface area contributed by atoms with Crippen molar-refractivity contribution >= 4 is 23.9 Å². The summed E-state index contributed by atoms with van der Waals surface area (Å²) in [6, 6.07) is 33.9. The normalized spacial score (nSPS) is 11.0. The number of ether oxygens (including phenoxy) is 1. The number of hydrazone groups is 1. The second-order valence-corrected chi connectivity index (χ2v) is 9.72. The minimum absolute atomic E-state index is 0.136. The van der Waals surface area contributed by atoms with E-state index >= 15 is 0 Å². The van der Waals surface area contributed by atoms with Gasteiger partial charge in [0.1, 0.15) is 5.75 Å². The number of amides is 1. The van der Waals surface area contributed by atoms with Crippen LogP contribution in [0.3, 0.4) is 0 Å². The molecule has 0 radical (unpaired) electrons. The monoisotopic (exact) mass is 533 g/mol. The lowest BCUT2D eigenvalue weighted by Crippen LogP contribution is -2.20. The summed E-state index contributed by atoms with van der Waals surface area (Å²) in [4.78, 5) is 12.6. The number of thioether (sulfide) groups is 1. The molecule has 1 aromatic heterocycles. The van der Waals surface area contributed by atoms with Crippen LogP contribution in [-0.4, -0.2) is 39.7 Å². The van der Waals surface area contributed by atoms with E-state index in [2.05, 4.69) is 32.9 Å². The number of aromatic nitrogens is 3. The summed E-state index contributed by atoms with van der Waals surface area (Å²) in [6.07, 6.45) is 1.63. The van der Waals surface area contributed by atoms with E-state index in [1.165, 1.54) is 11.8 Å². The van der Waals surface area contributed by atoms with Gasteiger partial charge in [-0.05, 0) is 60.0 Å². The molecule has 0 saturated carbocycles. The Balaban J connectivity index is 1.26. The van der Waals surface area contributed by atoms with Gasteiger partial charge in [0.2, 0.25) is 0 Å². The third-order valence-corrected chi connectivity index (χ3v) is 6.96. The van der Waals surface area contributed by atoms with E-state index in [1.54, 1.807) is 13.3 Å². The Kier molecular flexibility index (Phi) is 8.14. The minimum Gasteiger partial charge on any atom is -0.497 e. The van der Waals surface area contributed by atoms with Gasteiger partial charge in [-0.1, -0.05) is 84.1 Å². The van der Waals surface area contributed by atoms with Crippen molar-refractivity contribution in [1.29, 1.82) is 0 Å². The van der Waals surface area contributed by atoms with Gasteiger partial charge in [-0.2, -0.15) is 5.10 Å². The molecule has 0 fully saturated rings. The van der Waals surface area contributed by atoms with Crippen molar-refractivity contribution in [3.8, 4) is 34.0 Å². The van der Waals surface area contributed by atoms with Crippen molar-refractivity contribution < 1.29 is 9.53 Å². The van der Waals surface area contributed by atoms with Crippen molar-refractivity contribution in [3.05, 3.63) is 114 Å². The lowest BCUT2D eigenvalue weighted by atomic mass is 10.0. The first-order valence-electron chi connectivity index (χ1n) is 12.4. The standard InChI is InChI=1S/C31H27N5O2S/c1-22-8-16-27(17-9-22)36-30(26-14-18-28(38-2)19-15-26)34-35-31(36)39-21-29(37)33-32-20-23-10-12-25(13-11-23)24-6-4-3-5-7-24/h3-20H,21H2,1-2H3,(H,33,37)/b32-20-. The van der Waals surface area contributed by atoms with Gasteiger partial charge in [0, 0.05) is 11.3 Å². The number of hydrogen-bond acceptors (Lipinski definition) is 6. The SMILES string of the molecule is COc1ccc(-c2nnc(SCC(=O)N/N=C\c3ccc(-c4ccccc4)cc3)n2-c2ccc(C)cc2)cc1. The summed E-state index contributed by atoms with van der Waals surface area (Å²) in [6.45, 7) is 2.04. The number of rotatable bonds is 9. The molecule has 5 aromatic rings. The second kappa shape index (κ2) is 12.2. The Hall–Kier alpha value is -4.69. The highest BCUT2D eigenvalue weighted by molar-refractivity contribution is 7.99. The fourth-order valence-electron chi connectivity index (χ4n) is 3.95. The molecule has 0 unspecified atom stereocenters. The molecule has 0 aliphatic rings. The van der Waals surface area contributed by atoms with E-state index in [0.29, 0.717) is 11.0 Å². The highest BCUT2D eigenvalue weighted by atomic mass is 32.2. The number of hydrogen-bond donors (Lipinski definition) is 1. The van der Waals surface area contributed by atoms with Gasteiger partial charge < -0.3 is 4.74 Å². The number of benzene rings is 4. The van der Waals surface area contributed by atoms with Gasteiger partial charge in [0.25, 0.3) is 5.91 Å². The molecule has 0 atom stereocenters. The first-order chi connectivity index (χ1) is 19.1. The van der Waals surface area contributed by atoms with E-state index < -0.39 is 0 Å². The minimum atomic E-state index is -0.235. The largest absolute Gasteiger partial charge is 0.497 e. The van der Waals surface area contributed by atoms with Crippen LogP contribution in [0.15, 0.2) is 113 Å². The van der Waals surface area contributed by atoms with Crippen molar-refractivity contribution in [2.24, 2.45) is 5.10 Å². The zero-order valence-corrected chi connectivity index (χ0v) is 22.4. The highest BCUT2D eigenvalue weighted by Gasteiger charge is 2.17. The van der Waals surface area contributed by atoms with Gasteiger partial charge >= 0.3 is 0 Å². The molecule has 1 heterocycles. The molecule has 5 rings (SSSR count). The molecule has 39 heavy (non-hydrogen) atoms. The molecular formula is C31H27N5O2S. The Morgan fingerprint density at radius 1 is 0.872 bits per heavy atom. The van der Waals surface area contributed by atoms with Crippen LogP contribution in [0.5, 0.6) is 5.75 Å². The number of nitrogens with one attached hydrogen (secondary N) is 1. The van der Waals surface area contributed by atoms with E-state index in [4.69, 9.17) is 4.74 Å². The van der Waals surface area contributed by atoms with Crippen LogP contribution in [0.4, 0.5) is 0 Å². The average Bonchev–Trinajstić information content (AvgIpc) is 3.41. The molecule has 1 amide bonds. The molecule has 0 bridgehead atoms. The van der Waals surface area contributed by atoms with E-state index in [0.717, 1.165) is 39.3 Å². The number of carbonyl (C=O) groups is 1. The summed E-state index contributed by atoms with van der Waals surface area (Å²) in [7, 11) is 1.63. The van der Waals surface area contributed by atoms with Gasteiger partial charge in [-0.25, -0.2) is 5.43 Å². The fraction of sp³-hybridized carbons (Fsp3) is 0.0968. The van der Waals surface area contributed by atoms with E-state index in [9.17, 15) is 4.79 Å². The van der Waals surface area contributed by atoms with Crippen molar-refractivity contribution in [2.75, 3.05) is 12.9 Å². The molecule has 7 nitrogen and oxygen atoms in total. The first-order valence-corrected chi connectivity index (χ1v) is 13.4. The molecule has 194 valence electrons. The number of nitrogens with zero attached hydrogens (tertiary/aromatic N) is 4. The van der Waals surface area contributed by atoms with Crippen molar-refractivity contribution in [1.82, 2.24) is 20.2 Å². The van der Waals surface area contributed by atoms with Crippen LogP contribution in [0.25, 0.3) is 28.2 Å². The maximum absolute atomic E-state index is 12.6. The van der Waals surface area contributed by atoms with Crippen LogP contribution < -0.4 is 10.2 Å². The third kappa shape index (κ3) is 6.42. The average molecular weight is 534 g/mol. The van der Waals surface area contributed by atoms with Crippen molar-refractivity contribution in [2.45, 2.75) is 12.1 Å². The molecular weight excluding hydrogens is 506 g/mol. The van der Waals surface area contributed by atoms with Crippen molar-refractivity contribution in [3.63, 3.8) is 0 Å². The molecule has 0 aliphatic carbocycles. The summed E-state index contributed by atoms with van der Waals surface area (Å²) >= 11 is 1.30. The Bertz CT molecular complexity index is 1560. The Morgan fingerprint density at radius 2 is 1.54 bits per heavy atom. The number of methoxy groups -OCH3 is 1. The molecule has 4 aromatic carbocycles. The predicted octanol–water partition coefficient (Wildman–Crippen LogP) is 6.16. The van der Waals surface area contributed by atoms with Crippen LogP contribution in [-0.2, 0) is 4.79 Å². The van der Waals surface area contributed by atoms with Gasteiger partial charge in [-0.3, -0.25) is 9.36 Å². The van der Waals surface area contributed by atoms with E-state index in [1.807, 2.05) is 102 Å². The molecule has 8 heteroatoms. The van der Waals surface area contributed by atoms with Gasteiger partial charge in [0.15, 0.2) is 11.0 Å². The fourth-order valence-corrected chi connectivity index (χ4v) is 4.69. The molecule has 0 spiro atoms. The third-order valence-electron chi connectivity index (χ3n) is 6.03. The summed E-state index contributed by atoms with van der Waals surface area (Å²) in [5.41, 5.74) is 8.73. The second-order valence-electron chi connectivity index (χ2n) is 8.78. The zero-order valence-electron chi connectivity index (χ0n) is 21.6. The van der Waals surface area contributed by atoms with Gasteiger partial charge in [0.05, 0.1) is 19.1 Å². The van der Waals surface area contributed by atoms with E-state index in [-0.39, 0.29) is 11.7 Å². The highest BCUT2D eigenvalue weighted by Crippen LogP contribution is 2.29. The van der Waals surface area contributed by atoms with Gasteiger partial charge in [-0.15, -0.1) is 10.2 Å². The van der Waals surface area contributed by atoms with Crippen LogP contribution in [0.2, 0.25) is 0 Å². The number of aryl methyl sites for hydroxylation is 1. The van der Waals surface area contributed by atoms with Crippen LogP contribution in [0.1, 0.15) is 11.1 Å². The topological polar surface area (TPSA) is 81.4 Å². The molecule has 0 aliphatic heterocycles. The summed E-state index contributed by atoms with van der Waals surface area (Å²) < 4.78 is 7.24. The first kappa shape index (κ1) is 25.9. The summed E-state index contributed by atoms with van der Waals surface area (Å²) in [5.74, 6) is 1.35. The molecule has 0 saturated heterocycles. The summed E-state index contributed by atoms with van der Waals surface area (Å²) in [5, 5.41) is 13.6. The number of carbonyl (C=O) groups excluding carboxylic acids is 1. The lowest BCUT2D eigenvalue weighted by Gasteiger charge is -2.11. The maximum atomic E-state index is 12.6. The lowest BCUT2D eigenvalue weighted by molar-refractivity contribution is -0.118. The Labute approximate surface area is 231 Å². The van der Waals surface area contributed by atoms with Crippen LogP contribution in [0, 0.1) is 6.92 Å². The zero-order chi connectivity index (χ0) is 27.0. The smallest absolute Gasteiger partial charge is 0.250 e. The van der Waals surface area contributed by atoms with Crippen LogP contribution >= 0.6 is 11.8 Å². The molecule has 1 N–H and O–H groups in total. The quantitative estimate of drug-likeness (QED) is 0.139. The maximum Gasteiger partial charge on any atom is 0.250 e.